The number of hydrogen-bond acceptors (Lipinski definition) is 2. The maximum Gasteiger partial charge on any atom is 0.279 e. The highest BCUT2D eigenvalue weighted by atomic mass is 19.1. The van der Waals surface area contributed by atoms with E-state index in [1.54, 1.807) is 26.2 Å². The van der Waals surface area contributed by atoms with Crippen LogP contribution in [0.2, 0.25) is 0 Å². The van der Waals surface area contributed by atoms with E-state index in [1.165, 1.54) is 41.3 Å². The predicted octanol–water partition coefficient (Wildman–Crippen LogP) is 1.08. The average Bonchev–Trinajstić information content (AvgIpc) is 2.58. The van der Waals surface area contributed by atoms with Gasteiger partial charge in [-0.3, -0.25) is 9.59 Å². The second kappa shape index (κ2) is 9.05. The first-order valence-corrected chi connectivity index (χ1v) is 8.18. The Bertz CT molecular complexity index is 748. The second-order valence-electron chi connectivity index (χ2n) is 6.24. The standard InChI is InChI=1S/C19H21F2N3O2/c1-23(12-18(25)22-17-9-7-16(21)8-10-17)13-19(26)24(2)11-14-3-5-15(20)6-4-14/h3-10H,11-13H2,1-2H3,(H,22,25)/p+1. The largest absolute Gasteiger partial charge is 0.337 e. The molecular weight excluding hydrogens is 340 g/mol. The summed E-state index contributed by atoms with van der Waals surface area (Å²) in [5.41, 5.74) is 1.33. The van der Waals surface area contributed by atoms with Crippen LogP contribution in [0.5, 0.6) is 0 Å². The Morgan fingerprint density at radius 2 is 1.50 bits per heavy atom. The molecule has 2 aromatic rings. The minimum atomic E-state index is -0.375. The monoisotopic (exact) mass is 362 g/mol. The van der Waals surface area contributed by atoms with Crippen molar-refractivity contribution in [1.82, 2.24) is 4.90 Å². The summed E-state index contributed by atoms with van der Waals surface area (Å²) in [6, 6.07) is 11.4. The molecule has 0 aliphatic carbocycles. The van der Waals surface area contributed by atoms with Gasteiger partial charge in [-0.2, -0.15) is 0 Å². The first-order valence-electron chi connectivity index (χ1n) is 8.18. The number of nitrogens with zero attached hydrogens (tertiary/aromatic N) is 1. The zero-order valence-electron chi connectivity index (χ0n) is 14.8. The lowest BCUT2D eigenvalue weighted by atomic mass is 10.2. The molecule has 0 heterocycles. The van der Waals surface area contributed by atoms with Crippen LogP contribution in [0, 0.1) is 11.6 Å². The zero-order chi connectivity index (χ0) is 19.1. The van der Waals surface area contributed by atoms with Gasteiger partial charge in [0.25, 0.3) is 11.8 Å². The van der Waals surface area contributed by atoms with Gasteiger partial charge < -0.3 is 15.1 Å². The van der Waals surface area contributed by atoms with E-state index in [9.17, 15) is 18.4 Å². The molecule has 0 saturated carbocycles. The number of hydrogen-bond donors (Lipinski definition) is 2. The number of benzene rings is 2. The smallest absolute Gasteiger partial charge is 0.279 e. The van der Waals surface area contributed by atoms with Crippen molar-refractivity contribution in [2.24, 2.45) is 0 Å². The van der Waals surface area contributed by atoms with Gasteiger partial charge in [0.2, 0.25) is 0 Å². The van der Waals surface area contributed by atoms with Gasteiger partial charge in [-0.1, -0.05) is 12.1 Å². The van der Waals surface area contributed by atoms with E-state index in [2.05, 4.69) is 5.32 Å². The van der Waals surface area contributed by atoms with Gasteiger partial charge in [0, 0.05) is 19.3 Å². The number of carbonyl (C=O) groups excluding carboxylic acids is 2. The minimum Gasteiger partial charge on any atom is -0.337 e. The van der Waals surface area contributed by atoms with Gasteiger partial charge in [-0.25, -0.2) is 8.78 Å². The Balaban J connectivity index is 1.79. The van der Waals surface area contributed by atoms with Gasteiger partial charge in [-0.15, -0.1) is 0 Å². The van der Waals surface area contributed by atoms with E-state index in [4.69, 9.17) is 0 Å². The van der Waals surface area contributed by atoms with Crippen LogP contribution < -0.4 is 10.2 Å². The van der Waals surface area contributed by atoms with Crippen LogP contribution in [-0.2, 0) is 16.1 Å². The lowest BCUT2D eigenvalue weighted by Crippen LogP contribution is -3.11. The fourth-order valence-corrected chi connectivity index (χ4v) is 2.42. The van der Waals surface area contributed by atoms with E-state index in [1.807, 2.05) is 0 Å². The van der Waals surface area contributed by atoms with Gasteiger partial charge in [0.1, 0.15) is 11.6 Å². The number of rotatable bonds is 7. The topological polar surface area (TPSA) is 53.9 Å². The fraction of sp³-hybridized carbons (Fsp3) is 0.263. The van der Waals surface area contributed by atoms with Crippen molar-refractivity contribution in [3.05, 3.63) is 65.7 Å². The third kappa shape index (κ3) is 6.25. The lowest BCUT2D eigenvalue weighted by molar-refractivity contribution is -0.862. The van der Waals surface area contributed by atoms with Crippen LogP contribution in [-0.4, -0.2) is 43.9 Å². The van der Waals surface area contributed by atoms with Gasteiger partial charge in [0.15, 0.2) is 13.1 Å². The molecule has 0 fully saturated rings. The molecule has 7 heteroatoms. The molecule has 2 amide bonds. The predicted molar refractivity (Wildman–Crippen MR) is 94.5 cm³/mol. The molecule has 2 rings (SSSR count). The highest BCUT2D eigenvalue weighted by Gasteiger charge is 2.17. The third-order valence-electron chi connectivity index (χ3n) is 3.80. The van der Waals surface area contributed by atoms with E-state index in [0.717, 1.165) is 10.5 Å². The number of amides is 2. The molecule has 0 aliphatic rings. The molecule has 1 atom stereocenters. The first kappa shape index (κ1) is 19.5. The molecule has 0 aromatic heterocycles. The molecule has 0 spiro atoms. The van der Waals surface area contributed by atoms with Gasteiger partial charge >= 0.3 is 0 Å². The van der Waals surface area contributed by atoms with Crippen LogP contribution in [0.3, 0.4) is 0 Å². The molecule has 5 nitrogen and oxygen atoms in total. The SMILES string of the molecule is CN(Cc1ccc(F)cc1)C(=O)C[NH+](C)CC(=O)Nc1ccc(F)cc1. The molecule has 26 heavy (non-hydrogen) atoms. The van der Waals surface area contributed by atoms with Gasteiger partial charge in [-0.05, 0) is 42.0 Å². The van der Waals surface area contributed by atoms with Crippen molar-refractivity contribution < 1.29 is 23.3 Å². The Morgan fingerprint density at radius 3 is 2.08 bits per heavy atom. The number of halogens is 2. The normalized spacial score (nSPS) is 11.7. The summed E-state index contributed by atoms with van der Waals surface area (Å²) >= 11 is 0. The second-order valence-corrected chi connectivity index (χ2v) is 6.24. The van der Waals surface area contributed by atoms with Crippen LogP contribution >= 0.6 is 0 Å². The summed E-state index contributed by atoms with van der Waals surface area (Å²) < 4.78 is 25.8. The number of anilines is 1. The molecule has 0 aliphatic heterocycles. The van der Waals surface area contributed by atoms with E-state index >= 15 is 0 Å². The van der Waals surface area contributed by atoms with Crippen molar-refractivity contribution in [3.63, 3.8) is 0 Å². The summed E-state index contributed by atoms with van der Waals surface area (Å²) in [6.45, 7) is 0.621. The van der Waals surface area contributed by atoms with Crippen molar-refractivity contribution in [3.8, 4) is 0 Å². The van der Waals surface area contributed by atoms with Crippen LogP contribution in [0.4, 0.5) is 14.5 Å². The summed E-state index contributed by atoms with van der Waals surface area (Å²) in [6.07, 6.45) is 0. The molecule has 1 unspecified atom stereocenters. The molecule has 138 valence electrons. The number of likely N-dealkylation sites (N-methyl/N-ethyl adjacent to an activating group) is 2. The van der Waals surface area contributed by atoms with Crippen LogP contribution in [0.25, 0.3) is 0 Å². The number of nitrogens with one attached hydrogen (secondary N) is 2. The quantitative estimate of drug-likeness (QED) is 0.774. The van der Waals surface area contributed by atoms with Gasteiger partial charge in [0.05, 0.1) is 7.05 Å². The maximum absolute atomic E-state index is 12.9. The van der Waals surface area contributed by atoms with Crippen molar-refractivity contribution in [2.45, 2.75) is 6.54 Å². The lowest BCUT2D eigenvalue weighted by Gasteiger charge is -2.20. The highest BCUT2D eigenvalue weighted by Crippen LogP contribution is 2.07. The summed E-state index contributed by atoms with van der Waals surface area (Å²) in [5.74, 6) is -1.08. The Morgan fingerprint density at radius 1 is 0.962 bits per heavy atom. The van der Waals surface area contributed by atoms with E-state index in [-0.39, 0.29) is 36.5 Å². The fourth-order valence-electron chi connectivity index (χ4n) is 2.42. The van der Waals surface area contributed by atoms with Crippen LogP contribution in [0.15, 0.2) is 48.5 Å². The molecular formula is C19H22F2N3O2+. The van der Waals surface area contributed by atoms with Crippen molar-refractivity contribution in [2.75, 3.05) is 32.5 Å². The van der Waals surface area contributed by atoms with E-state index < -0.39 is 0 Å². The maximum atomic E-state index is 12.9. The first-order chi connectivity index (χ1) is 12.3. The third-order valence-corrected chi connectivity index (χ3v) is 3.80. The van der Waals surface area contributed by atoms with Crippen molar-refractivity contribution in [1.29, 1.82) is 0 Å². The zero-order valence-corrected chi connectivity index (χ0v) is 14.8. The Hall–Kier alpha value is -2.80. The number of carbonyl (C=O) groups is 2. The molecule has 0 saturated heterocycles. The molecule has 2 aromatic carbocycles. The summed E-state index contributed by atoms with van der Waals surface area (Å²) in [5, 5.41) is 2.66. The minimum absolute atomic E-state index is 0.105. The Kier molecular flexibility index (Phi) is 6.80. The summed E-state index contributed by atoms with van der Waals surface area (Å²) in [4.78, 5) is 26.5. The molecule has 2 N–H and O–H groups in total. The Labute approximate surface area is 151 Å². The molecule has 0 bridgehead atoms. The highest BCUT2D eigenvalue weighted by molar-refractivity contribution is 5.91. The molecule has 0 radical (unpaired) electrons. The number of quaternary nitrogens is 1. The average molecular weight is 362 g/mol. The van der Waals surface area contributed by atoms with E-state index in [0.29, 0.717) is 12.2 Å². The summed E-state index contributed by atoms with van der Waals surface area (Å²) in [7, 11) is 3.41. The van der Waals surface area contributed by atoms with Crippen molar-refractivity contribution >= 4 is 17.5 Å². The van der Waals surface area contributed by atoms with Crippen LogP contribution in [0.1, 0.15) is 5.56 Å².